The third-order valence-electron chi connectivity index (χ3n) is 3.54. The Bertz CT molecular complexity index is 596. The van der Waals surface area contributed by atoms with Gasteiger partial charge in [-0.1, -0.05) is 42.8 Å². The zero-order chi connectivity index (χ0) is 15.2. The molecule has 0 amide bonds. The van der Waals surface area contributed by atoms with Crippen LogP contribution in [0, 0.1) is 18.6 Å². The second-order valence-corrected chi connectivity index (χ2v) is 5.39. The second-order valence-electron chi connectivity index (χ2n) is 5.39. The van der Waals surface area contributed by atoms with E-state index in [-0.39, 0.29) is 6.04 Å². The summed E-state index contributed by atoms with van der Waals surface area (Å²) in [6.45, 7) is 4.91. The highest BCUT2D eigenvalue weighted by molar-refractivity contribution is 5.24. The first-order valence-corrected chi connectivity index (χ1v) is 7.31. The maximum absolute atomic E-state index is 13.8. The lowest BCUT2D eigenvalue weighted by molar-refractivity contribution is 0.501. The van der Waals surface area contributed by atoms with E-state index >= 15 is 0 Å². The standard InChI is InChI=1S/C18H21F2N/c1-3-21-17(10-14-6-4-5-13(2)9-14)11-15-7-8-16(19)12-18(15)20/h4-9,12,17,21H,3,10-11H2,1-2H3. The number of aryl methyl sites for hydroxylation is 1. The van der Waals surface area contributed by atoms with Gasteiger partial charge >= 0.3 is 0 Å². The van der Waals surface area contributed by atoms with Crippen LogP contribution in [0.15, 0.2) is 42.5 Å². The molecule has 2 aromatic rings. The summed E-state index contributed by atoms with van der Waals surface area (Å²) in [5.41, 5.74) is 2.99. The molecular formula is C18H21F2N. The van der Waals surface area contributed by atoms with Crippen LogP contribution in [0.2, 0.25) is 0 Å². The van der Waals surface area contributed by atoms with Crippen LogP contribution in [0.3, 0.4) is 0 Å². The van der Waals surface area contributed by atoms with Crippen LogP contribution < -0.4 is 5.32 Å². The summed E-state index contributed by atoms with van der Waals surface area (Å²) < 4.78 is 26.8. The average Bonchev–Trinajstić information content (AvgIpc) is 2.42. The highest BCUT2D eigenvalue weighted by Gasteiger charge is 2.13. The lowest BCUT2D eigenvalue weighted by Gasteiger charge is -2.19. The maximum Gasteiger partial charge on any atom is 0.129 e. The third-order valence-corrected chi connectivity index (χ3v) is 3.54. The lowest BCUT2D eigenvalue weighted by Crippen LogP contribution is -2.33. The summed E-state index contributed by atoms with van der Waals surface area (Å²) in [5.74, 6) is -1.00. The first-order valence-electron chi connectivity index (χ1n) is 7.31. The summed E-state index contributed by atoms with van der Waals surface area (Å²) in [6, 6.07) is 12.3. The monoisotopic (exact) mass is 289 g/mol. The number of likely N-dealkylation sites (N-methyl/N-ethyl adjacent to an activating group) is 1. The minimum Gasteiger partial charge on any atom is -0.314 e. The molecule has 0 aromatic heterocycles. The summed E-state index contributed by atoms with van der Waals surface area (Å²) in [6.07, 6.45) is 1.38. The van der Waals surface area contributed by atoms with Gasteiger partial charge in [0.1, 0.15) is 11.6 Å². The number of hydrogen-bond donors (Lipinski definition) is 1. The molecule has 0 aliphatic rings. The fraction of sp³-hybridized carbons (Fsp3) is 0.333. The molecule has 21 heavy (non-hydrogen) atoms. The summed E-state index contributed by atoms with van der Waals surface area (Å²) >= 11 is 0. The van der Waals surface area contributed by atoms with Crippen LogP contribution in [0.4, 0.5) is 8.78 Å². The topological polar surface area (TPSA) is 12.0 Å². The van der Waals surface area contributed by atoms with E-state index in [0.29, 0.717) is 12.0 Å². The summed E-state index contributed by atoms with van der Waals surface area (Å²) in [5, 5.41) is 3.38. The molecule has 0 spiro atoms. The Kier molecular flexibility index (Phi) is 5.45. The van der Waals surface area contributed by atoms with Crippen LogP contribution >= 0.6 is 0 Å². The van der Waals surface area contributed by atoms with Crippen molar-refractivity contribution >= 4 is 0 Å². The van der Waals surface area contributed by atoms with Crippen molar-refractivity contribution in [2.45, 2.75) is 32.7 Å². The summed E-state index contributed by atoms with van der Waals surface area (Å²) in [7, 11) is 0. The molecule has 0 saturated heterocycles. The Morgan fingerprint density at radius 1 is 1.05 bits per heavy atom. The molecule has 3 heteroatoms. The molecule has 1 atom stereocenters. The summed E-state index contributed by atoms with van der Waals surface area (Å²) in [4.78, 5) is 0. The molecule has 2 aromatic carbocycles. The van der Waals surface area contributed by atoms with Gasteiger partial charge in [0.05, 0.1) is 0 Å². The minimum atomic E-state index is -0.532. The van der Waals surface area contributed by atoms with Gasteiger partial charge in [-0.15, -0.1) is 0 Å². The van der Waals surface area contributed by atoms with E-state index in [2.05, 4.69) is 30.4 Å². The van der Waals surface area contributed by atoms with Crippen molar-refractivity contribution in [1.29, 1.82) is 0 Å². The molecule has 0 heterocycles. The molecule has 0 saturated carbocycles. The minimum absolute atomic E-state index is 0.136. The van der Waals surface area contributed by atoms with Gasteiger partial charge in [-0.2, -0.15) is 0 Å². The van der Waals surface area contributed by atoms with Crippen LogP contribution in [0.1, 0.15) is 23.6 Å². The first kappa shape index (κ1) is 15.6. The van der Waals surface area contributed by atoms with Crippen molar-refractivity contribution in [3.05, 3.63) is 70.8 Å². The van der Waals surface area contributed by atoms with E-state index in [4.69, 9.17) is 0 Å². The molecule has 0 aliphatic carbocycles. The Labute approximate surface area is 125 Å². The smallest absolute Gasteiger partial charge is 0.129 e. The quantitative estimate of drug-likeness (QED) is 0.846. The van der Waals surface area contributed by atoms with Gasteiger partial charge in [-0.05, 0) is 43.5 Å². The Morgan fingerprint density at radius 3 is 2.52 bits per heavy atom. The van der Waals surface area contributed by atoms with E-state index in [1.54, 1.807) is 0 Å². The fourth-order valence-electron chi connectivity index (χ4n) is 2.58. The van der Waals surface area contributed by atoms with E-state index < -0.39 is 11.6 Å². The van der Waals surface area contributed by atoms with Crippen LogP contribution in [0.5, 0.6) is 0 Å². The average molecular weight is 289 g/mol. The van der Waals surface area contributed by atoms with Gasteiger partial charge in [0.15, 0.2) is 0 Å². The highest BCUT2D eigenvalue weighted by atomic mass is 19.1. The molecule has 2 rings (SSSR count). The number of hydrogen-bond acceptors (Lipinski definition) is 1. The van der Waals surface area contributed by atoms with Crippen LogP contribution in [-0.4, -0.2) is 12.6 Å². The zero-order valence-electron chi connectivity index (χ0n) is 12.5. The number of halogens is 2. The predicted octanol–water partition coefficient (Wildman–Crippen LogP) is 4.04. The number of rotatable bonds is 6. The van der Waals surface area contributed by atoms with Gasteiger partial charge in [-0.3, -0.25) is 0 Å². The molecule has 1 unspecified atom stereocenters. The molecule has 112 valence electrons. The number of nitrogens with one attached hydrogen (secondary N) is 1. The lowest BCUT2D eigenvalue weighted by atomic mass is 9.97. The maximum atomic E-state index is 13.8. The largest absolute Gasteiger partial charge is 0.314 e. The van der Waals surface area contributed by atoms with Crippen LogP contribution in [0.25, 0.3) is 0 Å². The number of benzene rings is 2. The highest BCUT2D eigenvalue weighted by Crippen LogP contribution is 2.15. The van der Waals surface area contributed by atoms with E-state index in [0.717, 1.165) is 19.0 Å². The van der Waals surface area contributed by atoms with E-state index in [1.165, 1.54) is 23.3 Å². The van der Waals surface area contributed by atoms with Crippen molar-refractivity contribution < 1.29 is 8.78 Å². The van der Waals surface area contributed by atoms with Gasteiger partial charge in [0, 0.05) is 12.1 Å². The zero-order valence-corrected chi connectivity index (χ0v) is 12.5. The normalized spacial score (nSPS) is 12.4. The van der Waals surface area contributed by atoms with Crippen molar-refractivity contribution in [3.63, 3.8) is 0 Å². The molecule has 1 nitrogen and oxygen atoms in total. The van der Waals surface area contributed by atoms with Gasteiger partial charge in [0.25, 0.3) is 0 Å². The van der Waals surface area contributed by atoms with Crippen molar-refractivity contribution in [2.75, 3.05) is 6.54 Å². The first-order chi connectivity index (χ1) is 10.1. The SMILES string of the molecule is CCNC(Cc1cccc(C)c1)Cc1ccc(F)cc1F. The second kappa shape index (κ2) is 7.32. The molecule has 0 bridgehead atoms. The van der Waals surface area contributed by atoms with Gasteiger partial charge in [0.2, 0.25) is 0 Å². The third kappa shape index (κ3) is 4.64. The van der Waals surface area contributed by atoms with Crippen LogP contribution in [-0.2, 0) is 12.8 Å². The predicted molar refractivity (Wildman–Crippen MR) is 82.4 cm³/mol. The van der Waals surface area contributed by atoms with Gasteiger partial charge < -0.3 is 5.32 Å². The molecule has 1 N–H and O–H groups in total. The van der Waals surface area contributed by atoms with E-state index in [1.807, 2.05) is 13.0 Å². The molecule has 0 fully saturated rings. The van der Waals surface area contributed by atoms with E-state index in [9.17, 15) is 8.78 Å². The van der Waals surface area contributed by atoms with Crippen molar-refractivity contribution in [2.24, 2.45) is 0 Å². The van der Waals surface area contributed by atoms with Crippen molar-refractivity contribution in [3.8, 4) is 0 Å². The molecule has 0 aliphatic heterocycles. The van der Waals surface area contributed by atoms with Crippen molar-refractivity contribution in [1.82, 2.24) is 5.32 Å². The molecular weight excluding hydrogens is 268 g/mol. The fourth-order valence-corrected chi connectivity index (χ4v) is 2.58. The Morgan fingerprint density at radius 2 is 1.86 bits per heavy atom. The van der Waals surface area contributed by atoms with Gasteiger partial charge in [-0.25, -0.2) is 8.78 Å². The molecule has 0 radical (unpaired) electrons. The Hall–Kier alpha value is -1.74. The Balaban J connectivity index is 2.11.